The van der Waals surface area contributed by atoms with Crippen LogP contribution in [0.3, 0.4) is 0 Å². The van der Waals surface area contributed by atoms with Crippen LogP contribution in [0.1, 0.15) is 16.8 Å². The number of rotatable bonds is 3. The van der Waals surface area contributed by atoms with Gasteiger partial charge in [0.05, 0.1) is 24.4 Å². The molecule has 0 amide bonds. The Morgan fingerprint density at radius 1 is 1.32 bits per heavy atom. The monoisotopic (exact) mass is 268 g/mol. The van der Waals surface area contributed by atoms with Crippen LogP contribution in [0.25, 0.3) is 0 Å². The number of hydrogen-bond donors (Lipinski definition) is 3. The largest absolute Gasteiger partial charge is 0.451 e. The first-order chi connectivity index (χ1) is 9.11. The second kappa shape index (κ2) is 6.12. The van der Waals surface area contributed by atoms with E-state index in [2.05, 4.69) is 0 Å². The predicted octanol–water partition coefficient (Wildman–Crippen LogP) is -0.328. The molecule has 19 heavy (non-hydrogen) atoms. The zero-order valence-corrected chi connectivity index (χ0v) is 10.2. The Morgan fingerprint density at radius 3 is 2.58 bits per heavy atom. The molecule has 4 atom stereocenters. The molecule has 0 saturated carbocycles. The first-order valence-corrected chi connectivity index (χ1v) is 6.00. The highest BCUT2D eigenvalue weighted by Gasteiger charge is 2.39. The van der Waals surface area contributed by atoms with Crippen molar-refractivity contribution in [3.63, 3.8) is 0 Å². The molecule has 1 aliphatic rings. The Balaban J connectivity index is 2.01. The molecule has 1 heterocycles. The number of aliphatic hydroxyl groups is 3. The molecule has 6 heteroatoms. The van der Waals surface area contributed by atoms with E-state index >= 15 is 0 Å². The number of esters is 1. The minimum atomic E-state index is -1.45. The van der Waals surface area contributed by atoms with Gasteiger partial charge in [0.1, 0.15) is 0 Å². The summed E-state index contributed by atoms with van der Waals surface area (Å²) in [6.07, 6.45) is -4.24. The summed E-state index contributed by atoms with van der Waals surface area (Å²) in [5.74, 6) is -0.644. The first kappa shape index (κ1) is 14.0. The van der Waals surface area contributed by atoms with Gasteiger partial charge in [0, 0.05) is 6.42 Å². The SMILES string of the molecule is O=C(O[C@H]1[C@H](O)O[C@H](CO)C[C@@H]1O)c1ccccc1. The Morgan fingerprint density at radius 2 is 2.00 bits per heavy atom. The van der Waals surface area contributed by atoms with Crippen LogP contribution in [0, 0.1) is 0 Å². The molecule has 1 saturated heterocycles. The van der Waals surface area contributed by atoms with Crippen LogP contribution in [-0.4, -0.2) is 52.5 Å². The van der Waals surface area contributed by atoms with Crippen molar-refractivity contribution in [1.82, 2.24) is 0 Å². The van der Waals surface area contributed by atoms with E-state index in [-0.39, 0.29) is 13.0 Å². The average molecular weight is 268 g/mol. The molecule has 0 aliphatic carbocycles. The summed E-state index contributed by atoms with van der Waals surface area (Å²) in [5, 5.41) is 28.4. The summed E-state index contributed by atoms with van der Waals surface area (Å²) in [5.41, 5.74) is 0.325. The van der Waals surface area contributed by atoms with Crippen LogP contribution in [0.2, 0.25) is 0 Å². The van der Waals surface area contributed by atoms with Crippen LogP contribution < -0.4 is 0 Å². The van der Waals surface area contributed by atoms with Crippen molar-refractivity contribution in [2.45, 2.75) is 31.0 Å². The lowest BCUT2D eigenvalue weighted by Gasteiger charge is -2.35. The van der Waals surface area contributed by atoms with E-state index < -0.39 is 30.6 Å². The fourth-order valence-electron chi connectivity index (χ4n) is 1.94. The fraction of sp³-hybridized carbons (Fsp3) is 0.462. The number of ether oxygens (including phenoxy) is 2. The van der Waals surface area contributed by atoms with Crippen molar-refractivity contribution in [1.29, 1.82) is 0 Å². The van der Waals surface area contributed by atoms with Crippen molar-refractivity contribution in [3.8, 4) is 0 Å². The Hall–Kier alpha value is -1.47. The highest BCUT2D eigenvalue weighted by molar-refractivity contribution is 5.89. The highest BCUT2D eigenvalue weighted by Crippen LogP contribution is 2.22. The number of benzene rings is 1. The van der Waals surface area contributed by atoms with E-state index in [9.17, 15) is 15.0 Å². The summed E-state index contributed by atoms with van der Waals surface area (Å²) in [6, 6.07) is 8.27. The van der Waals surface area contributed by atoms with E-state index in [1.54, 1.807) is 30.3 Å². The lowest BCUT2D eigenvalue weighted by Crippen LogP contribution is -2.51. The first-order valence-electron chi connectivity index (χ1n) is 6.00. The standard InChI is InChI=1S/C13H16O6/c14-7-9-6-10(15)11(13(17)18-9)19-12(16)8-4-2-1-3-5-8/h1-5,9-11,13-15,17H,6-7H2/t9-,10-,11+,13+/m0/s1. The van der Waals surface area contributed by atoms with E-state index in [0.717, 1.165) is 0 Å². The van der Waals surface area contributed by atoms with Gasteiger partial charge in [-0.15, -0.1) is 0 Å². The zero-order valence-electron chi connectivity index (χ0n) is 10.2. The Labute approximate surface area is 110 Å². The smallest absolute Gasteiger partial charge is 0.338 e. The van der Waals surface area contributed by atoms with Gasteiger partial charge in [-0.05, 0) is 12.1 Å². The normalized spacial score (nSPS) is 30.9. The van der Waals surface area contributed by atoms with E-state index in [1.165, 1.54) is 0 Å². The molecule has 6 nitrogen and oxygen atoms in total. The number of carbonyl (C=O) groups is 1. The van der Waals surface area contributed by atoms with Gasteiger partial charge in [0.15, 0.2) is 12.4 Å². The molecule has 3 N–H and O–H groups in total. The molecular formula is C13H16O6. The molecule has 1 aliphatic heterocycles. The molecule has 0 bridgehead atoms. The second-order valence-corrected chi connectivity index (χ2v) is 4.37. The van der Waals surface area contributed by atoms with Gasteiger partial charge in [-0.3, -0.25) is 0 Å². The third-order valence-electron chi connectivity index (χ3n) is 2.95. The summed E-state index contributed by atoms with van der Waals surface area (Å²) < 4.78 is 10.1. The topological polar surface area (TPSA) is 96.2 Å². The molecule has 1 fully saturated rings. The van der Waals surface area contributed by atoms with Gasteiger partial charge in [0.25, 0.3) is 0 Å². The minimum Gasteiger partial charge on any atom is -0.451 e. The lowest BCUT2D eigenvalue weighted by molar-refractivity contribution is -0.251. The molecule has 0 spiro atoms. The maximum Gasteiger partial charge on any atom is 0.338 e. The predicted molar refractivity (Wildman–Crippen MR) is 64.2 cm³/mol. The van der Waals surface area contributed by atoms with Crippen molar-refractivity contribution in [2.24, 2.45) is 0 Å². The van der Waals surface area contributed by atoms with Crippen LogP contribution >= 0.6 is 0 Å². The molecule has 0 radical (unpaired) electrons. The van der Waals surface area contributed by atoms with Gasteiger partial charge < -0.3 is 24.8 Å². The van der Waals surface area contributed by atoms with Gasteiger partial charge in [0.2, 0.25) is 0 Å². The zero-order chi connectivity index (χ0) is 13.8. The summed E-state index contributed by atoms with van der Waals surface area (Å²) >= 11 is 0. The Kier molecular flexibility index (Phi) is 4.49. The molecular weight excluding hydrogens is 252 g/mol. The van der Waals surface area contributed by atoms with Gasteiger partial charge >= 0.3 is 5.97 Å². The van der Waals surface area contributed by atoms with E-state index in [1.807, 2.05) is 0 Å². The van der Waals surface area contributed by atoms with E-state index in [0.29, 0.717) is 5.56 Å². The van der Waals surface area contributed by atoms with Crippen molar-refractivity contribution in [2.75, 3.05) is 6.61 Å². The van der Waals surface area contributed by atoms with Crippen LogP contribution in [0.15, 0.2) is 30.3 Å². The lowest BCUT2D eigenvalue weighted by atomic mass is 10.0. The fourth-order valence-corrected chi connectivity index (χ4v) is 1.94. The maximum atomic E-state index is 11.8. The summed E-state index contributed by atoms with van der Waals surface area (Å²) in [7, 11) is 0. The molecule has 104 valence electrons. The molecule has 2 rings (SSSR count). The van der Waals surface area contributed by atoms with Crippen LogP contribution in [-0.2, 0) is 9.47 Å². The van der Waals surface area contributed by atoms with Crippen LogP contribution in [0.5, 0.6) is 0 Å². The molecule has 1 aromatic rings. The van der Waals surface area contributed by atoms with Crippen molar-refractivity contribution >= 4 is 5.97 Å². The Bertz CT molecular complexity index is 408. The van der Waals surface area contributed by atoms with Gasteiger partial charge in [-0.25, -0.2) is 4.79 Å². The van der Waals surface area contributed by atoms with E-state index in [4.69, 9.17) is 14.6 Å². The maximum absolute atomic E-state index is 11.8. The van der Waals surface area contributed by atoms with Gasteiger partial charge in [-0.2, -0.15) is 0 Å². The number of aliphatic hydroxyl groups excluding tert-OH is 3. The number of hydrogen-bond acceptors (Lipinski definition) is 6. The van der Waals surface area contributed by atoms with Crippen molar-refractivity contribution in [3.05, 3.63) is 35.9 Å². The minimum absolute atomic E-state index is 0.0975. The quantitative estimate of drug-likeness (QED) is 0.650. The highest BCUT2D eigenvalue weighted by atomic mass is 16.7. The second-order valence-electron chi connectivity index (χ2n) is 4.37. The molecule has 1 aromatic carbocycles. The third kappa shape index (κ3) is 3.30. The number of carbonyl (C=O) groups excluding carboxylic acids is 1. The van der Waals surface area contributed by atoms with Crippen LogP contribution in [0.4, 0.5) is 0 Å². The summed E-state index contributed by atoms with van der Waals surface area (Å²) in [4.78, 5) is 11.8. The third-order valence-corrected chi connectivity index (χ3v) is 2.95. The molecule has 0 unspecified atom stereocenters. The van der Waals surface area contributed by atoms with Gasteiger partial charge in [-0.1, -0.05) is 18.2 Å². The summed E-state index contributed by atoms with van der Waals surface area (Å²) in [6.45, 7) is -0.312. The van der Waals surface area contributed by atoms with Crippen molar-refractivity contribution < 1.29 is 29.6 Å². The molecule has 0 aromatic heterocycles. The average Bonchev–Trinajstić information content (AvgIpc) is 2.43.